The van der Waals surface area contributed by atoms with E-state index in [1.165, 1.54) is 0 Å². The number of Topliss-reactive ketones (excluding diaryl/α,β-unsaturated/α-hetero) is 1. The van der Waals surface area contributed by atoms with Gasteiger partial charge in [0, 0.05) is 11.0 Å². The van der Waals surface area contributed by atoms with Gasteiger partial charge in [0.1, 0.15) is 5.75 Å². The Kier molecular flexibility index (Phi) is 4.99. The van der Waals surface area contributed by atoms with Crippen molar-refractivity contribution in [2.45, 2.75) is 47.1 Å². The van der Waals surface area contributed by atoms with Gasteiger partial charge in [-0.3, -0.25) is 10.1 Å². The average Bonchev–Trinajstić information content (AvgIpc) is 2.53. The normalized spacial score (nSPS) is 21.7. The summed E-state index contributed by atoms with van der Waals surface area (Å²) < 4.78 is 5.21. The van der Waals surface area contributed by atoms with Crippen LogP contribution in [0.25, 0.3) is 5.57 Å². The van der Waals surface area contributed by atoms with Crippen LogP contribution in [0.4, 0.5) is 0 Å². The van der Waals surface area contributed by atoms with Gasteiger partial charge in [0.05, 0.1) is 7.11 Å². The lowest BCUT2D eigenvalue weighted by Crippen LogP contribution is -2.53. The van der Waals surface area contributed by atoms with Crippen LogP contribution in [0, 0.1) is 10.8 Å². The number of hydrogen-bond donors (Lipinski definition) is 1. The van der Waals surface area contributed by atoms with Crippen LogP contribution in [-0.2, 0) is 9.68 Å². The van der Waals surface area contributed by atoms with Gasteiger partial charge < -0.3 is 4.74 Å². The Balaban J connectivity index is 2.70. The second-order valence-electron chi connectivity index (χ2n) is 8.54. The highest BCUT2D eigenvalue weighted by Gasteiger charge is 2.53. The number of ether oxygens (including phenoxy) is 1. The Morgan fingerprint density at radius 3 is 1.96 bits per heavy atom. The summed E-state index contributed by atoms with van der Waals surface area (Å²) in [4.78, 5) is 18.1. The molecule has 0 heterocycles. The van der Waals surface area contributed by atoms with Gasteiger partial charge in [-0.1, -0.05) is 53.7 Å². The molecule has 2 rings (SSSR count). The molecule has 4 nitrogen and oxygen atoms in total. The van der Waals surface area contributed by atoms with Crippen LogP contribution in [-0.4, -0.2) is 23.8 Å². The molecule has 0 saturated heterocycles. The molecule has 25 heavy (non-hydrogen) atoms. The minimum absolute atomic E-state index is 0.202. The molecule has 0 amide bonds. The molecule has 1 N–H and O–H groups in total. The van der Waals surface area contributed by atoms with Crippen molar-refractivity contribution in [3.05, 3.63) is 47.6 Å². The molecule has 1 aromatic carbocycles. The minimum Gasteiger partial charge on any atom is -0.497 e. The van der Waals surface area contributed by atoms with Crippen molar-refractivity contribution < 1.29 is 19.7 Å². The maximum atomic E-state index is 13.2. The van der Waals surface area contributed by atoms with Gasteiger partial charge in [-0.05, 0) is 40.8 Å². The molecular formula is C21H28O4. The molecule has 0 aliphatic heterocycles. The van der Waals surface area contributed by atoms with E-state index in [-0.39, 0.29) is 11.2 Å². The Morgan fingerprint density at radius 2 is 1.56 bits per heavy atom. The number of methoxy groups -OCH3 is 1. The smallest absolute Gasteiger partial charge is 0.199 e. The predicted octanol–water partition coefficient (Wildman–Crippen LogP) is 4.91. The van der Waals surface area contributed by atoms with Crippen LogP contribution < -0.4 is 4.74 Å². The summed E-state index contributed by atoms with van der Waals surface area (Å²) in [6.07, 6.45) is 3.62. The van der Waals surface area contributed by atoms with Crippen molar-refractivity contribution in [3.8, 4) is 5.75 Å². The quantitative estimate of drug-likeness (QED) is 0.625. The monoisotopic (exact) mass is 344 g/mol. The van der Waals surface area contributed by atoms with E-state index in [1.54, 1.807) is 13.2 Å². The Morgan fingerprint density at radius 1 is 1.00 bits per heavy atom. The van der Waals surface area contributed by atoms with E-state index in [9.17, 15) is 10.1 Å². The molecule has 1 aromatic rings. The van der Waals surface area contributed by atoms with Gasteiger partial charge in [-0.15, -0.1) is 0 Å². The van der Waals surface area contributed by atoms with E-state index >= 15 is 0 Å². The lowest BCUT2D eigenvalue weighted by Gasteiger charge is -2.43. The van der Waals surface area contributed by atoms with Crippen molar-refractivity contribution in [1.29, 1.82) is 0 Å². The third kappa shape index (κ3) is 3.42. The summed E-state index contributed by atoms with van der Waals surface area (Å²) in [5.41, 5.74) is -0.0272. The van der Waals surface area contributed by atoms with Crippen molar-refractivity contribution >= 4 is 11.4 Å². The molecule has 136 valence electrons. The van der Waals surface area contributed by atoms with Gasteiger partial charge in [0.2, 0.25) is 0 Å². The van der Waals surface area contributed by atoms with Crippen LogP contribution >= 0.6 is 0 Å². The lowest BCUT2D eigenvalue weighted by atomic mass is 9.64. The highest BCUT2D eigenvalue weighted by Crippen LogP contribution is 2.46. The van der Waals surface area contributed by atoms with Gasteiger partial charge in [-0.25, -0.2) is 4.89 Å². The molecule has 0 aromatic heterocycles. The molecule has 0 radical (unpaired) electrons. The van der Waals surface area contributed by atoms with Gasteiger partial charge in [0.15, 0.2) is 11.4 Å². The van der Waals surface area contributed by atoms with E-state index in [4.69, 9.17) is 9.62 Å². The summed E-state index contributed by atoms with van der Waals surface area (Å²) in [7, 11) is 1.62. The summed E-state index contributed by atoms with van der Waals surface area (Å²) in [6.45, 7) is 11.6. The van der Waals surface area contributed by atoms with Crippen LogP contribution in [0.1, 0.15) is 47.1 Å². The summed E-state index contributed by atoms with van der Waals surface area (Å²) in [6, 6.07) is 7.61. The molecular weight excluding hydrogens is 316 g/mol. The number of carbonyl (C=O) groups excluding carboxylic acids is 1. The third-order valence-electron chi connectivity index (χ3n) is 4.73. The molecule has 0 saturated carbocycles. The number of benzene rings is 1. The zero-order chi connectivity index (χ0) is 19.0. The van der Waals surface area contributed by atoms with E-state index in [2.05, 4.69) is 0 Å². The standard InChI is InChI=1S/C21H28O4/c1-19(2,3)17-12-15(14-8-10-16(24-7)11-9-14)13-21(25-23,18(17)22)20(4,5)6/h8-13,23H,1-7H3. The maximum Gasteiger partial charge on any atom is 0.199 e. The highest BCUT2D eigenvalue weighted by atomic mass is 17.1. The fourth-order valence-corrected chi connectivity index (χ4v) is 3.02. The Hall–Kier alpha value is -1.91. The first-order valence-corrected chi connectivity index (χ1v) is 8.43. The molecule has 1 atom stereocenters. The van der Waals surface area contributed by atoms with E-state index < -0.39 is 11.0 Å². The summed E-state index contributed by atoms with van der Waals surface area (Å²) in [5, 5.41) is 9.77. The molecule has 1 aliphatic carbocycles. The number of carbonyl (C=O) groups is 1. The lowest BCUT2D eigenvalue weighted by molar-refractivity contribution is -0.318. The van der Waals surface area contributed by atoms with Crippen LogP contribution in [0.3, 0.4) is 0 Å². The first-order valence-electron chi connectivity index (χ1n) is 8.43. The van der Waals surface area contributed by atoms with Gasteiger partial charge in [-0.2, -0.15) is 0 Å². The van der Waals surface area contributed by atoms with Crippen molar-refractivity contribution in [3.63, 3.8) is 0 Å². The number of allylic oxidation sites excluding steroid dienone is 2. The molecule has 4 heteroatoms. The second kappa shape index (κ2) is 6.43. The number of hydrogen-bond acceptors (Lipinski definition) is 4. The first kappa shape index (κ1) is 19.4. The van der Waals surface area contributed by atoms with E-state index in [0.29, 0.717) is 5.57 Å². The zero-order valence-corrected chi connectivity index (χ0v) is 16.1. The molecule has 0 spiro atoms. The molecule has 0 fully saturated rings. The topological polar surface area (TPSA) is 55.8 Å². The third-order valence-corrected chi connectivity index (χ3v) is 4.73. The predicted molar refractivity (Wildman–Crippen MR) is 99.4 cm³/mol. The highest BCUT2D eigenvalue weighted by molar-refractivity contribution is 6.10. The molecule has 0 bridgehead atoms. The summed E-state index contributed by atoms with van der Waals surface area (Å²) in [5.74, 6) is 0.559. The zero-order valence-electron chi connectivity index (χ0n) is 16.1. The van der Waals surface area contributed by atoms with Crippen molar-refractivity contribution in [2.75, 3.05) is 7.11 Å². The fraction of sp³-hybridized carbons (Fsp3) is 0.476. The van der Waals surface area contributed by atoms with Gasteiger partial charge >= 0.3 is 0 Å². The number of ketones is 1. The summed E-state index contributed by atoms with van der Waals surface area (Å²) >= 11 is 0. The van der Waals surface area contributed by atoms with Crippen LogP contribution in [0.2, 0.25) is 0 Å². The number of rotatable bonds is 3. The van der Waals surface area contributed by atoms with Gasteiger partial charge in [0.25, 0.3) is 0 Å². The molecule has 1 unspecified atom stereocenters. The van der Waals surface area contributed by atoms with E-state index in [1.807, 2.05) is 71.9 Å². The van der Waals surface area contributed by atoms with Crippen molar-refractivity contribution in [1.82, 2.24) is 0 Å². The van der Waals surface area contributed by atoms with E-state index in [0.717, 1.165) is 16.9 Å². The van der Waals surface area contributed by atoms with Crippen LogP contribution in [0.5, 0.6) is 5.75 Å². The fourth-order valence-electron chi connectivity index (χ4n) is 3.02. The minimum atomic E-state index is -1.43. The largest absolute Gasteiger partial charge is 0.497 e. The Bertz CT molecular complexity index is 712. The molecule has 1 aliphatic rings. The van der Waals surface area contributed by atoms with Crippen LogP contribution in [0.15, 0.2) is 42.0 Å². The first-order chi connectivity index (χ1) is 11.5. The van der Waals surface area contributed by atoms with Crippen molar-refractivity contribution in [2.24, 2.45) is 10.8 Å². The Labute approximate surface area is 150 Å². The average molecular weight is 344 g/mol. The second-order valence-corrected chi connectivity index (χ2v) is 8.54. The maximum absolute atomic E-state index is 13.2. The SMILES string of the molecule is COc1ccc(C2=CC(OO)(C(C)(C)C)C(=O)C(C(C)(C)C)=C2)cc1.